The zero-order valence-corrected chi connectivity index (χ0v) is 12.0. The maximum atomic E-state index is 12.2. The molecule has 3 N–H and O–H groups in total. The molecule has 1 fully saturated rings. The lowest BCUT2D eigenvalue weighted by atomic mass is 10.0. The van der Waals surface area contributed by atoms with Crippen molar-refractivity contribution in [3.8, 4) is 0 Å². The van der Waals surface area contributed by atoms with Crippen LogP contribution in [-0.2, 0) is 0 Å². The molecule has 1 aliphatic rings. The monoisotopic (exact) mass is 292 g/mol. The lowest BCUT2D eigenvalue weighted by Gasteiger charge is -2.32. The number of rotatable bonds is 4. The zero-order chi connectivity index (χ0) is 15.4. The Morgan fingerprint density at radius 1 is 1.52 bits per heavy atom. The summed E-state index contributed by atoms with van der Waals surface area (Å²) in [7, 11) is 2.03. The number of nitrogens with zero attached hydrogens (tertiary/aromatic N) is 2. The van der Waals surface area contributed by atoms with Gasteiger partial charge in [0, 0.05) is 24.3 Å². The van der Waals surface area contributed by atoms with Crippen LogP contribution in [0.15, 0.2) is 18.2 Å². The van der Waals surface area contributed by atoms with E-state index in [2.05, 4.69) is 10.2 Å². The minimum Gasteiger partial charge on any atom is -0.399 e. The van der Waals surface area contributed by atoms with Crippen LogP contribution < -0.4 is 11.1 Å². The molecule has 7 nitrogen and oxygen atoms in total. The Labute approximate surface area is 123 Å². The highest BCUT2D eigenvalue weighted by molar-refractivity contribution is 5.99. The maximum Gasteiger partial charge on any atom is 0.282 e. The minimum atomic E-state index is -0.568. The number of nitro benzene ring substituents is 1. The lowest BCUT2D eigenvalue weighted by molar-refractivity contribution is -0.385. The highest BCUT2D eigenvalue weighted by atomic mass is 16.6. The smallest absolute Gasteiger partial charge is 0.282 e. The van der Waals surface area contributed by atoms with Crippen LogP contribution in [0.1, 0.15) is 29.6 Å². The Bertz CT molecular complexity index is 547. The molecule has 1 unspecified atom stereocenters. The van der Waals surface area contributed by atoms with Crippen LogP contribution in [0.4, 0.5) is 11.4 Å². The van der Waals surface area contributed by atoms with Gasteiger partial charge in [0.1, 0.15) is 5.56 Å². The quantitative estimate of drug-likeness (QED) is 0.496. The van der Waals surface area contributed by atoms with Crippen molar-refractivity contribution in [1.29, 1.82) is 0 Å². The van der Waals surface area contributed by atoms with Crippen LogP contribution in [0.5, 0.6) is 0 Å². The highest BCUT2D eigenvalue weighted by Crippen LogP contribution is 2.21. The number of hydrogen-bond donors (Lipinski definition) is 2. The molecule has 0 spiro atoms. The third-order valence-electron chi connectivity index (χ3n) is 3.88. The van der Waals surface area contributed by atoms with Crippen molar-refractivity contribution in [3.63, 3.8) is 0 Å². The average Bonchev–Trinajstić information content (AvgIpc) is 2.45. The van der Waals surface area contributed by atoms with Gasteiger partial charge >= 0.3 is 0 Å². The summed E-state index contributed by atoms with van der Waals surface area (Å²) in [6, 6.07) is 4.31. The van der Waals surface area contributed by atoms with Crippen LogP contribution in [0, 0.1) is 10.1 Å². The van der Waals surface area contributed by atoms with Gasteiger partial charge in [-0.1, -0.05) is 6.42 Å². The first-order chi connectivity index (χ1) is 9.99. The van der Waals surface area contributed by atoms with Gasteiger partial charge in [-0.2, -0.15) is 0 Å². The van der Waals surface area contributed by atoms with E-state index in [1.54, 1.807) is 0 Å². The molecule has 0 aromatic heterocycles. The van der Waals surface area contributed by atoms with Crippen LogP contribution in [-0.4, -0.2) is 41.9 Å². The number of likely N-dealkylation sites (N-methyl/N-ethyl adjacent to an activating group) is 1. The molecule has 1 heterocycles. The van der Waals surface area contributed by atoms with Gasteiger partial charge in [0.2, 0.25) is 0 Å². The molecule has 1 atom stereocenters. The fourth-order valence-electron chi connectivity index (χ4n) is 2.60. The van der Waals surface area contributed by atoms with Crippen molar-refractivity contribution < 1.29 is 9.72 Å². The Morgan fingerprint density at radius 3 is 2.95 bits per heavy atom. The van der Waals surface area contributed by atoms with E-state index < -0.39 is 10.8 Å². The number of benzene rings is 1. The summed E-state index contributed by atoms with van der Waals surface area (Å²) in [5, 5.41) is 13.8. The maximum absolute atomic E-state index is 12.2. The number of amides is 1. The largest absolute Gasteiger partial charge is 0.399 e. The number of nitrogens with one attached hydrogen (secondary N) is 1. The fraction of sp³-hybridized carbons (Fsp3) is 0.500. The van der Waals surface area contributed by atoms with E-state index in [4.69, 9.17) is 5.73 Å². The predicted octanol–water partition coefficient (Wildman–Crippen LogP) is 1.39. The van der Waals surface area contributed by atoms with Crippen molar-refractivity contribution in [3.05, 3.63) is 33.9 Å². The summed E-state index contributed by atoms with van der Waals surface area (Å²) in [5.74, 6) is -0.451. The normalized spacial score (nSPS) is 19.2. The number of hydrogen-bond acceptors (Lipinski definition) is 5. The molecule has 0 aliphatic carbocycles. The molecule has 1 aromatic rings. The topological polar surface area (TPSA) is 102 Å². The molecule has 1 saturated heterocycles. The molecule has 114 valence electrons. The van der Waals surface area contributed by atoms with Gasteiger partial charge in [0.25, 0.3) is 11.6 Å². The third-order valence-corrected chi connectivity index (χ3v) is 3.88. The third kappa shape index (κ3) is 3.69. The fourth-order valence-corrected chi connectivity index (χ4v) is 2.60. The number of anilines is 1. The van der Waals surface area contributed by atoms with Crippen LogP contribution >= 0.6 is 0 Å². The molecule has 1 aliphatic heterocycles. The number of carbonyl (C=O) groups is 1. The summed E-state index contributed by atoms with van der Waals surface area (Å²) in [5.41, 5.74) is 5.74. The van der Waals surface area contributed by atoms with E-state index in [0.29, 0.717) is 12.2 Å². The van der Waals surface area contributed by atoms with Crippen molar-refractivity contribution in [2.24, 2.45) is 0 Å². The molecule has 0 radical (unpaired) electrons. The highest BCUT2D eigenvalue weighted by Gasteiger charge is 2.23. The van der Waals surface area contributed by atoms with E-state index >= 15 is 0 Å². The van der Waals surface area contributed by atoms with E-state index in [1.165, 1.54) is 24.6 Å². The van der Waals surface area contributed by atoms with E-state index in [-0.39, 0.29) is 17.3 Å². The van der Waals surface area contributed by atoms with E-state index in [1.807, 2.05) is 7.05 Å². The van der Waals surface area contributed by atoms with Gasteiger partial charge in [0.05, 0.1) is 4.92 Å². The first-order valence-electron chi connectivity index (χ1n) is 7.01. The number of nitrogen functional groups attached to an aromatic ring is 1. The molecule has 1 aromatic carbocycles. The molecule has 0 saturated carbocycles. The Morgan fingerprint density at radius 2 is 2.29 bits per heavy atom. The number of carbonyl (C=O) groups excluding carboxylic acids is 1. The Kier molecular flexibility index (Phi) is 4.74. The minimum absolute atomic E-state index is 0.0125. The first kappa shape index (κ1) is 15.2. The molecule has 7 heteroatoms. The lowest BCUT2D eigenvalue weighted by Crippen LogP contribution is -2.44. The average molecular weight is 292 g/mol. The van der Waals surface area contributed by atoms with Crippen molar-refractivity contribution in [2.45, 2.75) is 25.3 Å². The van der Waals surface area contributed by atoms with Gasteiger partial charge in [-0.05, 0) is 38.6 Å². The van der Waals surface area contributed by atoms with Gasteiger partial charge in [0.15, 0.2) is 0 Å². The second-order valence-electron chi connectivity index (χ2n) is 5.37. The summed E-state index contributed by atoms with van der Waals surface area (Å²) >= 11 is 0. The van der Waals surface area contributed by atoms with Gasteiger partial charge in [-0.15, -0.1) is 0 Å². The number of nitro groups is 1. The Balaban J connectivity index is 2.06. The van der Waals surface area contributed by atoms with Crippen molar-refractivity contribution in [1.82, 2.24) is 10.2 Å². The Hall–Kier alpha value is -2.15. The van der Waals surface area contributed by atoms with Crippen LogP contribution in [0.25, 0.3) is 0 Å². The summed E-state index contributed by atoms with van der Waals surface area (Å²) < 4.78 is 0. The predicted molar refractivity (Wildman–Crippen MR) is 80.1 cm³/mol. The summed E-state index contributed by atoms with van der Waals surface area (Å²) in [6.45, 7) is 1.50. The molecular weight excluding hydrogens is 272 g/mol. The molecular formula is C14H20N4O3. The van der Waals surface area contributed by atoms with E-state index in [9.17, 15) is 14.9 Å². The number of likely N-dealkylation sites (tertiary alicyclic amines) is 1. The van der Waals surface area contributed by atoms with Gasteiger partial charge < -0.3 is 16.0 Å². The standard InChI is InChI=1S/C14H20N4O3/c1-17-7-3-2-4-11(17)9-16-14(19)12-8-10(15)5-6-13(12)18(20)21/h5-6,8,11H,2-4,7,9,15H2,1H3,(H,16,19). The first-order valence-corrected chi connectivity index (χ1v) is 7.01. The SMILES string of the molecule is CN1CCCCC1CNC(=O)c1cc(N)ccc1[N+](=O)[O-]. The van der Waals surface area contributed by atoms with E-state index in [0.717, 1.165) is 19.4 Å². The summed E-state index contributed by atoms with van der Waals surface area (Å²) in [4.78, 5) is 24.8. The molecule has 1 amide bonds. The molecule has 2 rings (SSSR count). The van der Waals surface area contributed by atoms with Crippen molar-refractivity contribution >= 4 is 17.3 Å². The number of piperidine rings is 1. The second-order valence-corrected chi connectivity index (χ2v) is 5.37. The van der Waals surface area contributed by atoms with Crippen LogP contribution in [0.3, 0.4) is 0 Å². The van der Waals surface area contributed by atoms with Crippen molar-refractivity contribution in [2.75, 3.05) is 25.9 Å². The zero-order valence-electron chi connectivity index (χ0n) is 12.0. The van der Waals surface area contributed by atoms with Gasteiger partial charge in [-0.3, -0.25) is 14.9 Å². The molecule has 0 bridgehead atoms. The molecule has 21 heavy (non-hydrogen) atoms. The number of nitrogens with two attached hydrogens (primary N) is 1. The van der Waals surface area contributed by atoms with Gasteiger partial charge in [-0.25, -0.2) is 0 Å². The van der Waals surface area contributed by atoms with Crippen LogP contribution in [0.2, 0.25) is 0 Å². The summed E-state index contributed by atoms with van der Waals surface area (Å²) in [6.07, 6.45) is 3.33. The second kappa shape index (κ2) is 6.53.